The number of aromatic nitrogens is 1. The Morgan fingerprint density at radius 1 is 1.54 bits per heavy atom. The van der Waals surface area contributed by atoms with Crippen LogP contribution in [0.1, 0.15) is 10.4 Å². The molecule has 2 rings (SSSR count). The average Bonchev–Trinajstić information content (AvgIpc) is 2.48. The zero-order valence-electron chi connectivity index (χ0n) is 6.32. The highest BCUT2D eigenvalue weighted by Gasteiger charge is 2.11. The van der Waals surface area contributed by atoms with Crippen LogP contribution in [0.2, 0.25) is 0 Å². The zero-order chi connectivity index (χ0) is 9.42. The van der Waals surface area contributed by atoms with Gasteiger partial charge in [0.25, 0.3) is 0 Å². The van der Waals surface area contributed by atoms with Crippen LogP contribution in [0.3, 0.4) is 0 Å². The summed E-state index contributed by atoms with van der Waals surface area (Å²) in [6.07, 6.45) is 1.53. The van der Waals surface area contributed by atoms with Crippen LogP contribution in [0.5, 0.6) is 0 Å². The first kappa shape index (κ1) is 8.25. The van der Waals surface area contributed by atoms with E-state index < -0.39 is 5.97 Å². The molecular weight excluding hydrogens is 238 g/mol. The Morgan fingerprint density at radius 3 is 3.00 bits per heavy atom. The van der Waals surface area contributed by atoms with Gasteiger partial charge in [0.05, 0.1) is 11.8 Å². The number of carboxylic acids is 1. The maximum Gasteiger partial charge on any atom is 0.336 e. The van der Waals surface area contributed by atoms with Crippen molar-refractivity contribution in [3.63, 3.8) is 0 Å². The van der Waals surface area contributed by atoms with E-state index >= 15 is 0 Å². The van der Waals surface area contributed by atoms with E-state index in [2.05, 4.69) is 21.1 Å². The first-order valence-electron chi connectivity index (χ1n) is 3.45. The molecule has 0 amide bonds. The standard InChI is InChI=1S/C8H4BrNO3/c9-6-1-4-3-10-13-7(4)2-5(6)8(11)12/h1-3H,(H,11,12). The van der Waals surface area contributed by atoms with Crippen LogP contribution in [-0.4, -0.2) is 16.2 Å². The van der Waals surface area contributed by atoms with E-state index in [9.17, 15) is 4.79 Å². The van der Waals surface area contributed by atoms with Gasteiger partial charge in [-0.25, -0.2) is 4.79 Å². The van der Waals surface area contributed by atoms with E-state index in [1.165, 1.54) is 12.3 Å². The van der Waals surface area contributed by atoms with Crippen LogP contribution in [0.15, 0.2) is 27.3 Å². The molecule has 0 saturated carbocycles. The lowest BCUT2D eigenvalue weighted by Crippen LogP contribution is -1.96. The van der Waals surface area contributed by atoms with Gasteiger partial charge in [-0.05, 0) is 28.1 Å². The number of carbonyl (C=O) groups is 1. The van der Waals surface area contributed by atoms with E-state index in [1.54, 1.807) is 6.07 Å². The van der Waals surface area contributed by atoms with E-state index in [0.29, 0.717) is 10.1 Å². The van der Waals surface area contributed by atoms with Gasteiger partial charge in [-0.3, -0.25) is 0 Å². The van der Waals surface area contributed by atoms with Crippen molar-refractivity contribution >= 4 is 32.9 Å². The lowest BCUT2D eigenvalue weighted by atomic mass is 10.2. The predicted octanol–water partition coefficient (Wildman–Crippen LogP) is 2.29. The molecule has 0 spiro atoms. The first-order valence-corrected chi connectivity index (χ1v) is 4.25. The molecule has 0 bridgehead atoms. The molecule has 0 aliphatic rings. The van der Waals surface area contributed by atoms with Gasteiger partial charge < -0.3 is 9.63 Å². The van der Waals surface area contributed by atoms with Crippen LogP contribution in [0.25, 0.3) is 11.0 Å². The summed E-state index contributed by atoms with van der Waals surface area (Å²) in [6, 6.07) is 3.10. The normalized spacial score (nSPS) is 10.5. The minimum Gasteiger partial charge on any atom is -0.478 e. The van der Waals surface area contributed by atoms with Gasteiger partial charge in [-0.15, -0.1) is 0 Å². The third kappa shape index (κ3) is 1.31. The van der Waals surface area contributed by atoms with E-state index in [1.807, 2.05) is 0 Å². The number of benzene rings is 1. The van der Waals surface area contributed by atoms with Gasteiger partial charge in [-0.2, -0.15) is 0 Å². The maximum absolute atomic E-state index is 10.7. The summed E-state index contributed by atoms with van der Waals surface area (Å²) >= 11 is 3.15. The third-order valence-corrected chi connectivity index (χ3v) is 2.33. The molecule has 13 heavy (non-hydrogen) atoms. The zero-order valence-corrected chi connectivity index (χ0v) is 7.91. The second kappa shape index (κ2) is 2.85. The molecule has 0 aliphatic carbocycles. The Kier molecular flexibility index (Phi) is 1.81. The largest absolute Gasteiger partial charge is 0.478 e. The van der Waals surface area contributed by atoms with Crippen LogP contribution in [0, 0.1) is 0 Å². The molecule has 5 heteroatoms. The molecule has 66 valence electrons. The fraction of sp³-hybridized carbons (Fsp3) is 0. The highest BCUT2D eigenvalue weighted by atomic mass is 79.9. The monoisotopic (exact) mass is 241 g/mol. The number of fused-ring (bicyclic) bond motifs is 1. The van der Waals surface area contributed by atoms with E-state index in [-0.39, 0.29) is 5.56 Å². The summed E-state index contributed by atoms with van der Waals surface area (Å²) in [7, 11) is 0. The van der Waals surface area contributed by atoms with Crippen molar-refractivity contribution in [1.82, 2.24) is 5.16 Å². The molecule has 2 aromatic rings. The van der Waals surface area contributed by atoms with Crippen LogP contribution in [-0.2, 0) is 0 Å². The smallest absolute Gasteiger partial charge is 0.336 e. The second-order valence-corrected chi connectivity index (χ2v) is 3.36. The number of hydrogen-bond donors (Lipinski definition) is 1. The number of carboxylic acid groups (broad SMARTS) is 1. The SMILES string of the molecule is O=C(O)c1cc2oncc2cc1Br. The summed E-state index contributed by atoms with van der Waals surface area (Å²) in [5.74, 6) is -0.995. The van der Waals surface area contributed by atoms with Crippen LogP contribution >= 0.6 is 15.9 Å². The lowest BCUT2D eigenvalue weighted by Gasteiger charge is -1.96. The fourth-order valence-electron chi connectivity index (χ4n) is 1.05. The summed E-state index contributed by atoms with van der Waals surface area (Å²) in [5.41, 5.74) is 0.643. The number of rotatable bonds is 1. The topological polar surface area (TPSA) is 63.3 Å². The molecule has 4 nitrogen and oxygen atoms in total. The molecule has 1 heterocycles. The molecule has 0 radical (unpaired) electrons. The molecule has 0 unspecified atom stereocenters. The highest BCUT2D eigenvalue weighted by molar-refractivity contribution is 9.10. The van der Waals surface area contributed by atoms with Gasteiger partial charge in [-0.1, -0.05) is 5.16 Å². The minimum absolute atomic E-state index is 0.171. The van der Waals surface area contributed by atoms with E-state index in [0.717, 1.165) is 5.39 Å². The second-order valence-electron chi connectivity index (χ2n) is 2.50. The summed E-state index contributed by atoms with van der Waals surface area (Å²) in [4.78, 5) is 10.7. The minimum atomic E-state index is -0.995. The van der Waals surface area contributed by atoms with Crippen molar-refractivity contribution in [1.29, 1.82) is 0 Å². The van der Waals surface area contributed by atoms with Gasteiger partial charge in [0.2, 0.25) is 0 Å². The maximum atomic E-state index is 10.7. The number of hydrogen-bond acceptors (Lipinski definition) is 3. The first-order chi connectivity index (χ1) is 6.18. The molecule has 0 aliphatic heterocycles. The van der Waals surface area contributed by atoms with Crippen LogP contribution < -0.4 is 0 Å². The van der Waals surface area contributed by atoms with Crippen molar-refractivity contribution < 1.29 is 14.4 Å². The van der Waals surface area contributed by atoms with Crippen molar-refractivity contribution in [2.45, 2.75) is 0 Å². The van der Waals surface area contributed by atoms with Crippen molar-refractivity contribution in [2.24, 2.45) is 0 Å². The molecule has 0 atom stereocenters. The van der Waals surface area contributed by atoms with Gasteiger partial charge in [0, 0.05) is 9.86 Å². The Morgan fingerprint density at radius 2 is 2.31 bits per heavy atom. The highest BCUT2D eigenvalue weighted by Crippen LogP contribution is 2.24. The number of aromatic carboxylic acids is 1. The molecule has 1 aromatic heterocycles. The number of halogens is 1. The Labute approximate surface area is 81.3 Å². The van der Waals surface area contributed by atoms with Gasteiger partial charge in [0.15, 0.2) is 5.58 Å². The summed E-state index contributed by atoms with van der Waals surface area (Å²) in [5, 5.41) is 13.1. The summed E-state index contributed by atoms with van der Waals surface area (Å²) < 4.78 is 5.35. The molecule has 1 aromatic carbocycles. The Hall–Kier alpha value is -1.36. The fourth-order valence-corrected chi connectivity index (χ4v) is 1.58. The number of nitrogens with zero attached hydrogens (tertiary/aromatic N) is 1. The average molecular weight is 242 g/mol. The Bertz CT molecular complexity index is 477. The van der Waals surface area contributed by atoms with E-state index in [4.69, 9.17) is 9.63 Å². The molecule has 0 fully saturated rings. The van der Waals surface area contributed by atoms with Gasteiger partial charge in [0.1, 0.15) is 0 Å². The van der Waals surface area contributed by atoms with Crippen molar-refractivity contribution in [3.8, 4) is 0 Å². The third-order valence-electron chi connectivity index (χ3n) is 1.67. The van der Waals surface area contributed by atoms with Gasteiger partial charge >= 0.3 is 5.97 Å². The predicted molar refractivity (Wildman–Crippen MR) is 48.7 cm³/mol. The van der Waals surface area contributed by atoms with Crippen molar-refractivity contribution in [2.75, 3.05) is 0 Å². The quantitative estimate of drug-likeness (QED) is 0.833. The van der Waals surface area contributed by atoms with Crippen LogP contribution in [0.4, 0.5) is 0 Å². The van der Waals surface area contributed by atoms with Crippen molar-refractivity contribution in [3.05, 3.63) is 28.4 Å². The molecule has 0 saturated heterocycles. The molecule has 1 N–H and O–H groups in total. The Balaban J connectivity index is 2.76. The summed E-state index contributed by atoms with van der Waals surface area (Å²) in [6.45, 7) is 0. The molecular formula is C8H4BrNO3. The lowest BCUT2D eigenvalue weighted by molar-refractivity contribution is 0.0696.